The first-order chi connectivity index (χ1) is 7.69. The normalized spacial score (nSPS) is 13.0. The van der Waals surface area contributed by atoms with E-state index in [0.717, 1.165) is 10.9 Å². The molecule has 0 aliphatic heterocycles. The zero-order valence-electron chi connectivity index (χ0n) is 10.9. The van der Waals surface area contributed by atoms with E-state index in [-0.39, 0.29) is 0 Å². The number of rotatable bonds is 7. The molecule has 0 nitrogen and oxygen atoms in total. The molecule has 16 heavy (non-hydrogen) atoms. The number of hydrogen-bond acceptors (Lipinski definition) is 0. The van der Waals surface area contributed by atoms with Crippen LogP contribution in [0, 0.1) is 0 Å². The fraction of sp³-hybridized carbons (Fsp3) is 0.333. The summed E-state index contributed by atoms with van der Waals surface area (Å²) in [6.07, 6.45) is 3.77. The Morgan fingerprint density at radius 2 is 1.00 bits per heavy atom. The van der Waals surface area contributed by atoms with Crippen LogP contribution >= 0.6 is 0 Å². The molecule has 0 unspecified atom stereocenters. The van der Waals surface area contributed by atoms with Crippen LogP contribution in [0.25, 0.3) is 0 Å². The van der Waals surface area contributed by atoms with Gasteiger partial charge in [0.05, 0.1) is 0 Å². The van der Waals surface area contributed by atoms with E-state index >= 15 is 0 Å². The van der Waals surface area contributed by atoms with E-state index in [1.807, 2.05) is 39.4 Å². The van der Waals surface area contributed by atoms with Crippen molar-refractivity contribution in [3.8, 4) is 0 Å². The maximum Gasteiger partial charge on any atom is 0.147 e. The summed E-state index contributed by atoms with van der Waals surface area (Å²) in [5.74, 6) is 0. The van der Waals surface area contributed by atoms with Crippen LogP contribution in [0.1, 0.15) is 0 Å². The number of hydrogen-bond donors (Lipinski definition) is 0. The maximum absolute atomic E-state index is 3.85. The molecule has 0 bridgehead atoms. The van der Waals surface area contributed by atoms with E-state index < -0.39 is 0 Å². The Hall–Kier alpha value is -0.780. The summed E-state index contributed by atoms with van der Waals surface area (Å²) in [5, 5.41) is 0. The van der Waals surface area contributed by atoms with Crippen molar-refractivity contribution in [3.63, 3.8) is 0 Å². The molecule has 0 fully saturated rings. The van der Waals surface area contributed by atoms with Crippen LogP contribution in [0.4, 0.5) is 0 Å². The van der Waals surface area contributed by atoms with Crippen molar-refractivity contribution in [3.05, 3.63) is 47.2 Å². The van der Waals surface area contributed by atoms with Crippen LogP contribution in [0.5, 0.6) is 0 Å². The third-order valence-electron chi connectivity index (χ3n) is 2.55. The topological polar surface area (TPSA) is 0 Å². The molecule has 0 amide bonds. The van der Waals surface area contributed by atoms with Gasteiger partial charge in [0.15, 0.2) is 0 Å². The van der Waals surface area contributed by atoms with Crippen molar-refractivity contribution < 1.29 is 0 Å². The van der Waals surface area contributed by atoms with Crippen LogP contribution in [-0.4, -0.2) is 29.1 Å². The van der Waals surface area contributed by atoms with Gasteiger partial charge in [-0.1, -0.05) is 63.5 Å². The van der Waals surface area contributed by atoms with E-state index in [2.05, 4.69) is 42.3 Å². The van der Waals surface area contributed by atoms with Gasteiger partial charge in [-0.2, -0.15) is 0 Å². The Balaban J connectivity index is 5.68. The minimum atomic E-state index is 1.15. The molecule has 0 aliphatic rings. The van der Waals surface area contributed by atoms with Crippen LogP contribution in [0.15, 0.2) is 47.2 Å². The lowest BCUT2D eigenvalue weighted by Gasteiger charge is -2.16. The van der Waals surface area contributed by atoms with Gasteiger partial charge in [0.2, 0.25) is 0 Å². The average molecular weight is 206 g/mol. The summed E-state index contributed by atoms with van der Waals surface area (Å²) in [6, 6.07) is 0. The van der Waals surface area contributed by atoms with Crippen molar-refractivity contribution in [2.24, 2.45) is 0 Å². The Bertz CT molecular complexity index is 281. The zero-order chi connectivity index (χ0) is 12.6. The summed E-state index contributed by atoms with van der Waals surface area (Å²) in [6.45, 7) is 15.8. The molecule has 0 aliphatic carbocycles. The molecule has 0 aromatic heterocycles. The third kappa shape index (κ3) is 3.66. The molecule has 78 valence electrons. The lowest BCUT2D eigenvalue weighted by Crippen LogP contribution is -2.11. The molecule has 0 spiro atoms. The molecule has 0 heterocycles. The maximum atomic E-state index is 3.85. The Labute approximate surface area is 104 Å². The fourth-order valence-electron chi connectivity index (χ4n) is 1.72. The van der Waals surface area contributed by atoms with Crippen LogP contribution in [0.2, 0.25) is 27.3 Å². The Morgan fingerprint density at radius 1 is 0.688 bits per heavy atom. The minimum Gasteiger partial charge on any atom is -0.101 e. The van der Waals surface area contributed by atoms with E-state index in [0.29, 0.717) is 0 Å². The lowest BCUT2D eigenvalue weighted by molar-refractivity contribution is 1.65. The summed E-state index contributed by atoms with van der Waals surface area (Å²) >= 11 is 0. The van der Waals surface area contributed by atoms with Crippen molar-refractivity contribution in [2.45, 2.75) is 27.3 Å². The van der Waals surface area contributed by atoms with Crippen LogP contribution in [-0.2, 0) is 0 Å². The van der Waals surface area contributed by atoms with Crippen molar-refractivity contribution in [1.29, 1.82) is 0 Å². The van der Waals surface area contributed by atoms with Gasteiger partial charge in [-0.25, -0.2) is 0 Å². The van der Waals surface area contributed by atoms with E-state index in [9.17, 15) is 0 Å². The molecule has 0 aromatic carbocycles. The summed E-state index contributed by atoms with van der Waals surface area (Å²) in [7, 11) is 8.36. The molecule has 0 atom stereocenters. The molecule has 0 saturated heterocycles. The molecule has 0 N–H and O–H groups in total. The molecule has 0 aromatic rings. The van der Waals surface area contributed by atoms with Gasteiger partial charge in [-0.15, -0.1) is 10.9 Å². The molecule has 0 saturated carbocycles. The van der Waals surface area contributed by atoms with Gasteiger partial charge in [0.25, 0.3) is 0 Å². The third-order valence-corrected chi connectivity index (χ3v) is 2.55. The predicted molar refractivity (Wildman–Crippen MR) is 80.9 cm³/mol. The highest BCUT2D eigenvalue weighted by atomic mass is 13.9. The largest absolute Gasteiger partial charge is 0.147 e. The zero-order valence-corrected chi connectivity index (χ0v) is 10.9. The smallest absolute Gasteiger partial charge is 0.101 e. The number of allylic oxidation sites excluding steroid dienone is 6. The van der Waals surface area contributed by atoms with Gasteiger partial charge in [-0.3, -0.25) is 0 Å². The first-order valence-corrected chi connectivity index (χ1v) is 5.61. The highest BCUT2D eigenvalue weighted by molar-refractivity contribution is 6.62. The average Bonchev–Trinajstić information content (AvgIpc) is 2.33. The first kappa shape index (κ1) is 15.2. The van der Waals surface area contributed by atoms with Gasteiger partial charge in [-0.05, 0) is 0 Å². The van der Waals surface area contributed by atoms with Crippen molar-refractivity contribution in [1.82, 2.24) is 0 Å². The minimum absolute atomic E-state index is 1.15. The monoisotopic (exact) mass is 206 g/mol. The molecule has 0 rings (SSSR count). The van der Waals surface area contributed by atoms with E-state index in [1.54, 1.807) is 0 Å². The predicted octanol–water partition coefficient (Wildman–Crippen LogP) is 2.79. The van der Waals surface area contributed by atoms with E-state index in [1.165, 1.54) is 10.9 Å². The van der Waals surface area contributed by atoms with Crippen molar-refractivity contribution in [2.75, 3.05) is 0 Å². The Morgan fingerprint density at radius 3 is 1.12 bits per heavy atom. The van der Waals surface area contributed by atoms with Gasteiger partial charge in [0.1, 0.15) is 29.1 Å². The molecular weight excluding hydrogens is 187 g/mol. The highest BCUT2D eigenvalue weighted by Gasteiger charge is 2.09. The van der Waals surface area contributed by atoms with Crippen LogP contribution in [0.3, 0.4) is 0 Å². The summed E-state index contributed by atoms with van der Waals surface area (Å²) < 4.78 is 0. The molecular formula is C12H18B4. The first-order valence-electron chi connectivity index (χ1n) is 5.61. The summed E-state index contributed by atoms with van der Waals surface area (Å²) in [5.41, 5.74) is 4.70. The van der Waals surface area contributed by atoms with Crippen LogP contribution < -0.4 is 0 Å². The van der Waals surface area contributed by atoms with Gasteiger partial charge >= 0.3 is 0 Å². The Kier molecular flexibility index (Phi) is 7.97. The second-order valence-corrected chi connectivity index (χ2v) is 3.30. The second kappa shape index (κ2) is 8.38. The standard InChI is InChI=1S/C12H18B4/c1-7-9(13-3)11(15-5)12(16-6)10(8-2)14-4/h7-8H,1-2H2,3-6H3/b11-9-,12-10-. The second-order valence-electron chi connectivity index (χ2n) is 3.30. The highest BCUT2D eigenvalue weighted by Crippen LogP contribution is 2.18. The van der Waals surface area contributed by atoms with Gasteiger partial charge < -0.3 is 0 Å². The summed E-state index contributed by atoms with van der Waals surface area (Å²) in [4.78, 5) is 0. The SMILES string of the molecule is C=C/C([B]C)=C([B]C)\C([B]C)=C(\[B]C)C=C. The quantitative estimate of drug-likeness (QED) is 0.443. The lowest BCUT2D eigenvalue weighted by atomic mass is 9.48. The molecule has 4 heteroatoms. The van der Waals surface area contributed by atoms with E-state index in [4.69, 9.17) is 0 Å². The molecule has 4 radical (unpaired) electrons. The van der Waals surface area contributed by atoms with Crippen molar-refractivity contribution >= 4 is 29.1 Å². The fourth-order valence-corrected chi connectivity index (χ4v) is 1.72. The van der Waals surface area contributed by atoms with Gasteiger partial charge in [0, 0.05) is 0 Å².